The Morgan fingerprint density at radius 1 is 1.04 bits per heavy atom. The number of hydrogen-bond donors (Lipinski definition) is 9. The molecule has 0 aromatic carbocycles. The first-order valence-electron chi connectivity index (χ1n) is 6.79. The number of hydrogen-bond acceptors (Lipinski definition) is 11. The van der Waals surface area contributed by atoms with E-state index in [-0.39, 0.29) is 6.29 Å². The summed E-state index contributed by atoms with van der Waals surface area (Å²) in [5, 5.41) is 87.1. The highest BCUT2D eigenvalue weighted by Crippen LogP contribution is 2.33. The minimum atomic E-state index is -3.00. The molecule has 23 heavy (non-hydrogen) atoms. The van der Waals surface area contributed by atoms with Crippen molar-refractivity contribution in [3.05, 3.63) is 0 Å². The van der Waals surface area contributed by atoms with Crippen molar-refractivity contribution in [1.82, 2.24) is 0 Å². The van der Waals surface area contributed by atoms with Gasteiger partial charge in [-0.3, -0.25) is 0 Å². The Bertz CT molecular complexity index is 391. The van der Waals surface area contributed by atoms with Crippen LogP contribution >= 0.6 is 0 Å². The fourth-order valence-corrected chi connectivity index (χ4v) is 2.53. The topological polar surface area (TPSA) is 208 Å². The monoisotopic (exact) mass is 342 g/mol. The summed E-state index contributed by atoms with van der Waals surface area (Å²) in [5.41, 5.74) is -3.00. The van der Waals surface area contributed by atoms with Crippen LogP contribution in [0.2, 0.25) is 0 Å². The van der Waals surface area contributed by atoms with Gasteiger partial charge in [-0.15, -0.1) is 0 Å². The van der Waals surface area contributed by atoms with E-state index >= 15 is 0 Å². The molecule has 1 aliphatic heterocycles. The van der Waals surface area contributed by atoms with Crippen LogP contribution < -0.4 is 0 Å². The number of aldehydes is 1. The zero-order valence-electron chi connectivity index (χ0n) is 12.0. The second-order valence-corrected chi connectivity index (χ2v) is 5.41. The summed E-state index contributed by atoms with van der Waals surface area (Å²) < 4.78 is 5.02. The molecule has 11 heteroatoms. The summed E-state index contributed by atoms with van der Waals surface area (Å²) in [6.07, 6.45) is -16.3. The lowest BCUT2D eigenvalue weighted by Gasteiger charge is -2.49. The maximum atomic E-state index is 10.6. The lowest BCUT2D eigenvalue weighted by molar-refractivity contribution is -0.309. The molecule has 0 amide bonds. The minimum absolute atomic E-state index is 0.163. The van der Waals surface area contributed by atoms with Crippen molar-refractivity contribution in [2.45, 2.75) is 54.4 Å². The zero-order valence-corrected chi connectivity index (χ0v) is 12.0. The third-order valence-corrected chi connectivity index (χ3v) is 3.99. The van der Waals surface area contributed by atoms with Gasteiger partial charge < -0.3 is 55.5 Å². The normalized spacial score (nSPS) is 38.4. The first-order chi connectivity index (χ1) is 10.7. The third kappa shape index (κ3) is 3.53. The number of carbonyl (C=O) groups is 1. The molecule has 0 spiro atoms. The summed E-state index contributed by atoms with van der Waals surface area (Å²) >= 11 is 0. The van der Waals surface area contributed by atoms with Crippen molar-refractivity contribution in [3.8, 4) is 0 Å². The Hall–Kier alpha value is -0.730. The van der Waals surface area contributed by atoms with Gasteiger partial charge in [0.15, 0.2) is 6.29 Å². The maximum absolute atomic E-state index is 10.6. The van der Waals surface area contributed by atoms with E-state index in [1.807, 2.05) is 0 Å². The Morgan fingerprint density at radius 3 is 2.04 bits per heavy atom. The first kappa shape index (κ1) is 20.3. The minimum Gasteiger partial charge on any atom is -0.394 e. The second-order valence-electron chi connectivity index (χ2n) is 5.41. The van der Waals surface area contributed by atoms with Gasteiger partial charge in [0.25, 0.3) is 0 Å². The Kier molecular flexibility index (Phi) is 6.97. The van der Waals surface area contributed by atoms with Gasteiger partial charge in [0.05, 0.1) is 13.2 Å². The van der Waals surface area contributed by atoms with Gasteiger partial charge in [-0.2, -0.15) is 0 Å². The molecule has 9 atom stereocenters. The van der Waals surface area contributed by atoms with E-state index in [0.29, 0.717) is 0 Å². The van der Waals surface area contributed by atoms with Gasteiger partial charge >= 0.3 is 0 Å². The molecule has 0 aromatic rings. The predicted octanol–water partition coefficient (Wildman–Crippen LogP) is -6.17. The van der Waals surface area contributed by atoms with Crippen LogP contribution in [-0.4, -0.2) is 120 Å². The molecule has 1 heterocycles. The van der Waals surface area contributed by atoms with Crippen LogP contribution in [0.4, 0.5) is 0 Å². The summed E-state index contributed by atoms with van der Waals surface area (Å²) in [5.74, 6) is 0. The van der Waals surface area contributed by atoms with E-state index in [2.05, 4.69) is 0 Å². The predicted molar refractivity (Wildman–Crippen MR) is 69.9 cm³/mol. The van der Waals surface area contributed by atoms with E-state index < -0.39 is 67.6 Å². The Morgan fingerprint density at radius 2 is 1.61 bits per heavy atom. The van der Waals surface area contributed by atoms with E-state index in [9.17, 15) is 40.5 Å². The Balaban J connectivity index is 3.27. The first-order valence-corrected chi connectivity index (χ1v) is 6.79. The molecule has 0 aliphatic carbocycles. The SMILES string of the molecule is O=C[C@@H](O)[C@H](O)[C@](O)([C@@H]1O[C@H](CO)[C@@H](O)[C@H](O)[C@H]1O)[C@@H](O)CO. The molecule has 1 saturated heterocycles. The molecule has 0 aromatic heterocycles. The lowest BCUT2D eigenvalue weighted by atomic mass is 9.76. The van der Waals surface area contributed by atoms with Crippen molar-refractivity contribution >= 4 is 6.29 Å². The van der Waals surface area contributed by atoms with Crippen molar-refractivity contribution in [2.75, 3.05) is 13.2 Å². The van der Waals surface area contributed by atoms with Gasteiger partial charge in [0, 0.05) is 0 Å². The van der Waals surface area contributed by atoms with Crippen LogP contribution in [0.5, 0.6) is 0 Å². The molecule has 1 fully saturated rings. The van der Waals surface area contributed by atoms with E-state index in [0.717, 1.165) is 0 Å². The summed E-state index contributed by atoms with van der Waals surface area (Å²) in [6.45, 7) is -2.01. The maximum Gasteiger partial charge on any atom is 0.151 e. The smallest absolute Gasteiger partial charge is 0.151 e. The highest BCUT2D eigenvalue weighted by Gasteiger charge is 2.59. The summed E-state index contributed by atoms with van der Waals surface area (Å²) in [6, 6.07) is 0. The van der Waals surface area contributed by atoms with Crippen LogP contribution in [0.25, 0.3) is 0 Å². The molecule has 0 radical (unpaired) electrons. The van der Waals surface area contributed by atoms with Gasteiger partial charge in [-0.1, -0.05) is 0 Å². The van der Waals surface area contributed by atoms with Crippen molar-refractivity contribution in [3.63, 3.8) is 0 Å². The van der Waals surface area contributed by atoms with Crippen molar-refractivity contribution in [1.29, 1.82) is 0 Å². The van der Waals surface area contributed by atoms with E-state index in [1.54, 1.807) is 0 Å². The van der Waals surface area contributed by atoms with Crippen LogP contribution in [0.3, 0.4) is 0 Å². The highest BCUT2D eigenvalue weighted by molar-refractivity contribution is 5.57. The van der Waals surface area contributed by atoms with E-state index in [4.69, 9.17) is 14.9 Å². The third-order valence-electron chi connectivity index (χ3n) is 3.99. The molecular weight excluding hydrogens is 320 g/mol. The Labute approximate surface area is 130 Å². The van der Waals surface area contributed by atoms with Crippen LogP contribution in [0, 0.1) is 0 Å². The molecular formula is C12H22O11. The lowest BCUT2D eigenvalue weighted by Crippen LogP contribution is -2.73. The summed E-state index contributed by atoms with van der Waals surface area (Å²) in [4.78, 5) is 10.6. The molecule has 9 N–H and O–H groups in total. The molecule has 0 bridgehead atoms. The van der Waals surface area contributed by atoms with Gasteiger partial charge in [-0.25, -0.2) is 0 Å². The van der Waals surface area contributed by atoms with E-state index in [1.165, 1.54) is 0 Å². The standard InChI is InChI=1S/C12H22O11/c13-1-4(16)10(21)12(22,6(17)3-15)11-9(20)8(19)7(18)5(2-14)23-11/h1,4-11,14-22H,2-3H2/t4-,5-,6+,7-,8+,9-,10+,11-,12+/m1/s1. The number of ether oxygens (including phenoxy) is 1. The van der Waals surface area contributed by atoms with Gasteiger partial charge in [0.1, 0.15) is 54.4 Å². The highest BCUT2D eigenvalue weighted by atomic mass is 16.6. The number of aliphatic hydroxyl groups excluding tert-OH is 8. The van der Waals surface area contributed by atoms with Gasteiger partial charge in [0.2, 0.25) is 0 Å². The summed E-state index contributed by atoms with van der Waals surface area (Å²) in [7, 11) is 0. The number of aliphatic hydroxyl groups is 9. The van der Waals surface area contributed by atoms with Crippen molar-refractivity contribution in [2.24, 2.45) is 0 Å². The van der Waals surface area contributed by atoms with Crippen LogP contribution in [0.15, 0.2) is 0 Å². The quantitative estimate of drug-likeness (QED) is 0.199. The molecule has 1 rings (SSSR count). The second kappa shape index (κ2) is 7.90. The fourth-order valence-electron chi connectivity index (χ4n) is 2.53. The molecule has 0 saturated carbocycles. The molecule has 0 unspecified atom stereocenters. The average molecular weight is 342 g/mol. The van der Waals surface area contributed by atoms with Gasteiger partial charge in [-0.05, 0) is 0 Å². The molecule has 11 nitrogen and oxygen atoms in total. The number of carbonyl (C=O) groups excluding carboxylic acids is 1. The molecule has 136 valence electrons. The fraction of sp³-hybridized carbons (Fsp3) is 0.917. The average Bonchev–Trinajstić information content (AvgIpc) is 2.56. The molecule has 1 aliphatic rings. The van der Waals surface area contributed by atoms with Crippen molar-refractivity contribution < 1.29 is 55.5 Å². The number of rotatable bonds is 7. The largest absolute Gasteiger partial charge is 0.394 e. The van der Waals surface area contributed by atoms with Crippen LogP contribution in [-0.2, 0) is 9.53 Å². The zero-order chi connectivity index (χ0) is 17.9. The van der Waals surface area contributed by atoms with Crippen LogP contribution in [0.1, 0.15) is 0 Å².